The zero-order chi connectivity index (χ0) is 18.6. The van der Waals surface area contributed by atoms with Gasteiger partial charge in [0.15, 0.2) is 0 Å². The number of aryl methyl sites for hydroxylation is 1. The first-order chi connectivity index (χ1) is 13.2. The maximum Gasteiger partial charge on any atom is 0.244 e. The Kier molecular flexibility index (Phi) is 5.32. The van der Waals surface area contributed by atoms with Crippen molar-refractivity contribution in [1.82, 2.24) is 19.9 Å². The van der Waals surface area contributed by atoms with Crippen molar-refractivity contribution in [2.75, 3.05) is 26.2 Å². The van der Waals surface area contributed by atoms with Gasteiger partial charge >= 0.3 is 0 Å². The number of rotatable bonds is 5. The third-order valence-corrected chi connectivity index (χ3v) is 5.31. The Hall–Kier alpha value is -2.50. The summed E-state index contributed by atoms with van der Waals surface area (Å²) in [4.78, 5) is 9.57. The van der Waals surface area contributed by atoms with Crippen LogP contribution in [0, 0.1) is 6.92 Å². The van der Waals surface area contributed by atoms with Gasteiger partial charge in [0.2, 0.25) is 11.7 Å². The zero-order valence-electron chi connectivity index (χ0n) is 16.0. The number of piperazine rings is 1. The molecule has 0 radical (unpaired) electrons. The van der Waals surface area contributed by atoms with Crippen molar-refractivity contribution in [3.8, 4) is 11.4 Å². The highest BCUT2D eigenvalue weighted by Gasteiger charge is 2.26. The second-order valence-electron chi connectivity index (χ2n) is 7.30. The summed E-state index contributed by atoms with van der Waals surface area (Å²) < 4.78 is 5.57. The second kappa shape index (κ2) is 8.03. The molecule has 1 fully saturated rings. The van der Waals surface area contributed by atoms with Gasteiger partial charge < -0.3 is 4.52 Å². The van der Waals surface area contributed by atoms with E-state index in [2.05, 4.69) is 76.3 Å². The van der Waals surface area contributed by atoms with Crippen molar-refractivity contribution in [3.05, 3.63) is 71.6 Å². The highest BCUT2D eigenvalue weighted by Crippen LogP contribution is 2.24. The van der Waals surface area contributed by atoms with Crippen molar-refractivity contribution in [1.29, 1.82) is 0 Å². The van der Waals surface area contributed by atoms with E-state index < -0.39 is 0 Å². The van der Waals surface area contributed by atoms with Gasteiger partial charge in [0.1, 0.15) is 0 Å². The predicted molar refractivity (Wildman–Crippen MR) is 106 cm³/mol. The van der Waals surface area contributed by atoms with Crippen LogP contribution in [0.15, 0.2) is 59.1 Å². The fourth-order valence-corrected chi connectivity index (χ4v) is 3.53. The molecule has 0 bridgehead atoms. The molecule has 5 nitrogen and oxygen atoms in total. The van der Waals surface area contributed by atoms with E-state index in [0.29, 0.717) is 11.7 Å². The summed E-state index contributed by atoms with van der Waals surface area (Å²) in [7, 11) is 0. The molecule has 1 aromatic heterocycles. The average molecular weight is 362 g/mol. The van der Waals surface area contributed by atoms with Crippen LogP contribution in [0.25, 0.3) is 11.4 Å². The highest BCUT2D eigenvalue weighted by molar-refractivity contribution is 5.54. The molecular formula is C22H26N4O. The predicted octanol–water partition coefficient (Wildman–Crippen LogP) is 3.92. The van der Waals surface area contributed by atoms with Gasteiger partial charge in [0.25, 0.3) is 0 Å². The van der Waals surface area contributed by atoms with Crippen LogP contribution in [-0.4, -0.2) is 46.1 Å². The SMILES string of the molecule is Cc1ccc(-c2noc([C@H](C)N3CCN(Cc4ccccc4)CC3)n2)cc1. The zero-order valence-corrected chi connectivity index (χ0v) is 16.0. The van der Waals surface area contributed by atoms with Gasteiger partial charge in [-0.3, -0.25) is 9.80 Å². The van der Waals surface area contributed by atoms with Gasteiger partial charge in [-0.2, -0.15) is 4.98 Å². The topological polar surface area (TPSA) is 45.4 Å². The first-order valence-electron chi connectivity index (χ1n) is 9.60. The van der Waals surface area contributed by atoms with Crippen molar-refractivity contribution in [2.45, 2.75) is 26.4 Å². The Labute approximate surface area is 160 Å². The van der Waals surface area contributed by atoms with E-state index in [9.17, 15) is 0 Å². The summed E-state index contributed by atoms with van der Waals surface area (Å²) in [6.45, 7) is 9.37. The Bertz CT molecular complexity index is 852. The molecule has 140 valence electrons. The quantitative estimate of drug-likeness (QED) is 0.688. The molecule has 1 atom stereocenters. The molecule has 0 aliphatic carbocycles. The van der Waals surface area contributed by atoms with E-state index in [4.69, 9.17) is 4.52 Å². The Balaban J connectivity index is 1.35. The van der Waals surface area contributed by atoms with E-state index in [-0.39, 0.29) is 6.04 Å². The van der Waals surface area contributed by atoms with Gasteiger partial charge in [-0.15, -0.1) is 0 Å². The number of hydrogen-bond donors (Lipinski definition) is 0. The van der Waals surface area contributed by atoms with E-state index in [1.807, 2.05) is 12.1 Å². The molecule has 5 heteroatoms. The fraction of sp³-hybridized carbons (Fsp3) is 0.364. The summed E-state index contributed by atoms with van der Waals surface area (Å²) in [6.07, 6.45) is 0. The van der Waals surface area contributed by atoms with E-state index in [1.165, 1.54) is 11.1 Å². The van der Waals surface area contributed by atoms with E-state index >= 15 is 0 Å². The van der Waals surface area contributed by atoms with Gasteiger partial charge in [0.05, 0.1) is 6.04 Å². The molecule has 4 rings (SSSR count). The summed E-state index contributed by atoms with van der Waals surface area (Å²) in [5.74, 6) is 1.36. The molecule has 1 aliphatic rings. The number of benzene rings is 2. The van der Waals surface area contributed by atoms with Crippen LogP contribution in [0.1, 0.15) is 30.0 Å². The maximum atomic E-state index is 5.57. The molecule has 27 heavy (non-hydrogen) atoms. The van der Waals surface area contributed by atoms with Gasteiger partial charge in [-0.25, -0.2) is 0 Å². The van der Waals surface area contributed by atoms with Gasteiger partial charge in [0, 0.05) is 38.3 Å². The van der Waals surface area contributed by atoms with Crippen LogP contribution >= 0.6 is 0 Å². The third kappa shape index (κ3) is 4.26. The van der Waals surface area contributed by atoms with Gasteiger partial charge in [-0.05, 0) is 19.4 Å². The van der Waals surface area contributed by atoms with Crippen LogP contribution in [-0.2, 0) is 6.54 Å². The molecule has 0 unspecified atom stereocenters. The number of nitrogens with zero attached hydrogens (tertiary/aromatic N) is 4. The summed E-state index contributed by atoms with van der Waals surface area (Å²) >= 11 is 0. The van der Waals surface area contributed by atoms with Crippen LogP contribution in [0.5, 0.6) is 0 Å². The minimum atomic E-state index is 0.135. The number of aromatic nitrogens is 2. The average Bonchev–Trinajstić information content (AvgIpc) is 3.20. The molecule has 1 saturated heterocycles. The Morgan fingerprint density at radius 3 is 2.37 bits per heavy atom. The highest BCUT2D eigenvalue weighted by atomic mass is 16.5. The van der Waals surface area contributed by atoms with Crippen LogP contribution in [0.4, 0.5) is 0 Å². The van der Waals surface area contributed by atoms with Crippen LogP contribution in [0.2, 0.25) is 0 Å². The van der Waals surface area contributed by atoms with Crippen molar-refractivity contribution in [2.24, 2.45) is 0 Å². The second-order valence-corrected chi connectivity index (χ2v) is 7.30. The van der Waals surface area contributed by atoms with Crippen LogP contribution < -0.4 is 0 Å². The monoisotopic (exact) mass is 362 g/mol. The third-order valence-electron chi connectivity index (χ3n) is 5.31. The smallest absolute Gasteiger partial charge is 0.244 e. The molecule has 0 spiro atoms. The maximum absolute atomic E-state index is 5.57. The molecule has 0 N–H and O–H groups in total. The lowest BCUT2D eigenvalue weighted by molar-refractivity contribution is 0.0845. The van der Waals surface area contributed by atoms with Crippen molar-refractivity contribution in [3.63, 3.8) is 0 Å². The normalized spacial score (nSPS) is 17.1. The molecule has 0 amide bonds. The standard InChI is InChI=1S/C22H26N4O/c1-17-8-10-20(11-9-17)21-23-22(27-24-21)18(2)26-14-12-25(13-15-26)16-19-6-4-3-5-7-19/h3-11,18H,12-16H2,1-2H3/t18-/m0/s1. The fourth-order valence-electron chi connectivity index (χ4n) is 3.53. The Morgan fingerprint density at radius 1 is 0.963 bits per heavy atom. The van der Waals surface area contributed by atoms with Crippen molar-refractivity contribution < 1.29 is 4.52 Å². The van der Waals surface area contributed by atoms with Crippen molar-refractivity contribution >= 4 is 0 Å². The largest absolute Gasteiger partial charge is 0.337 e. The molecule has 1 aliphatic heterocycles. The molecule has 2 heterocycles. The molecular weight excluding hydrogens is 336 g/mol. The number of hydrogen-bond acceptors (Lipinski definition) is 5. The van der Waals surface area contributed by atoms with Gasteiger partial charge in [-0.1, -0.05) is 65.3 Å². The Morgan fingerprint density at radius 2 is 1.67 bits per heavy atom. The molecule has 3 aromatic rings. The first-order valence-corrected chi connectivity index (χ1v) is 9.60. The first kappa shape index (κ1) is 17.9. The lowest BCUT2D eigenvalue weighted by Gasteiger charge is -2.36. The lowest BCUT2D eigenvalue weighted by Crippen LogP contribution is -2.46. The summed E-state index contributed by atoms with van der Waals surface area (Å²) in [5.41, 5.74) is 3.60. The summed E-state index contributed by atoms with van der Waals surface area (Å²) in [6, 6.07) is 19.0. The summed E-state index contributed by atoms with van der Waals surface area (Å²) in [5, 5.41) is 4.18. The minimum Gasteiger partial charge on any atom is -0.337 e. The molecule has 2 aromatic carbocycles. The lowest BCUT2D eigenvalue weighted by atomic mass is 10.1. The minimum absolute atomic E-state index is 0.135. The van der Waals surface area contributed by atoms with Crippen LogP contribution in [0.3, 0.4) is 0 Å². The molecule has 0 saturated carbocycles. The van der Waals surface area contributed by atoms with E-state index in [1.54, 1.807) is 0 Å². The van der Waals surface area contributed by atoms with E-state index in [0.717, 1.165) is 38.3 Å².